The predicted molar refractivity (Wildman–Crippen MR) is 74.8 cm³/mol. The molecule has 0 aliphatic heterocycles. The van der Waals surface area contributed by atoms with Crippen LogP contribution in [0.1, 0.15) is 38.8 Å². The van der Waals surface area contributed by atoms with Crippen molar-refractivity contribution < 1.29 is 14.2 Å². The average molecular weight is 269 g/mol. The molecular formula is C15H24FNO2. The summed E-state index contributed by atoms with van der Waals surface area (Å²) in [6, 6.07) is 4.57. The van der Waals surface area contributed by atoms with Gasteiger partial charge >= 0.3 is 0 Å². The second-order valence-electron chi connectivity index (χ2n) is 5.27. The van der Waals surface area contributed by atoms with Gasteiger partial charge in [0.05, 0.1) is 13.2 Å². The predicted octanol–water partition coefficient (Wildman–Crippen LogP) is 2.89. The van der Waals surface area contributed by atoms with Crippen LogP contribution in [0.25, 0.3) is 0 Å². The Bertz CT molecular complexity index is 396. The number of halogens is 1. The van der Waals surface area contributed by atoms with Crippen LogP contribution in [-0.4, -0.2) is 24.9 Å². The summed E-state index contributed by atoms with van der Waals surface area (Å²) < 4.78 is 19.0. The molecule has 1 rings (SSSR count). The van der Waals surface area contributed by atoms with Crippen molar-refractivity contribution in [1.82, 2.24) is 5.32 Å². The van der Waals surface area contributed by atoms with E-state index in [-0.39, 0.29) is 11.9 Å². The zero-order chi connectivity index (χ0) is 14.4. The van der Waals surface area contributed by atoms with Crippen molar-refractivity contribution in [2.24, 2.45) is 5.92 Å². The molecule has 0 spiro atoms. The normalized spacial score (nSPS) is 14.5. The minimum Gasteiger partial charge on any atom is -0.496 e. The number of ether oxygens (including phenoxy) is 1. The molecule has 1 aromatic carbocycles. The average Bonchev–Trinajstić information content (AvgIpc) is 2.34. The fraction of sp³-hybridized carbons (Fsp3) is 0.600. The first-order chi connectivity index (χ1) is 8.95. The van der Waals surface area contributed by atoms with Gasteiger partial charge in [0.25, 0.3) is 0 Å². The summed E-state index contributed by atoms with van der Waals surface area (Å²) in [6.45, 7) is 6.43. The molecular weight excluding hydrogens is 245 g/mol. The molecule has 2 N–H and O–H groups in total. The summed E-state index contributed by atoms with van der Waals surface area (Å²) in [6.07, 6.45) is 0.314. The maximum Gasteiger partial charge on any atom is 0.131 e. The lowest BCUT2D eigenvalue weighted by Gasteiger charge is -2.20. The van der Waals surface area contributed by atoms with Crippen molar-refractivity contribution >= 4 is 0 Å². The van der Waals surface area contributed by atoms with Crippen LogP contribution in [0.4, 0.5) is 4.39 Å². The quantitative estimate of drug-likeness (QED) is 0.799. The summed E-state index contributed by atoms with van der Waals surface area (Å²) in [5, 5.41) is 13.0. The topological polar surface area (TPSA) is 41.5 Å². The van der Waals surface area contributed by atoms with E-state index in [0.29, 0.717) is 23.8 Å². The lowest BCUT2D eigenvalue weighted by Crippen LogP contribution is -2.30. The van der Waals surface area contributed by atoms with Gasteiger partial charge in [-0.3, -0.25) is 0 Å². The number of methoxy groups -OCH3 is 1. The molecule has 19 heavy (non-hydrogen) atoms. The third kappa shape index (κ3) is 4.80. The van der Waals surface area contributed by atoms with Crippen LogP contribution in [0.15, 0.2) is 18.2 Å². The van der Waals surface area contributed by atoms with Crippen molar-refractivity contribution in [3.63, 3.8) is 0 Å². The Hall–Kier alpha value is -1.13. The second-order valence-corrected chi connectivity index (χ2v) is 5.27. The standard InChI is InChI=1S/C15H24FNO2/c1-10(2)8-12(18)9-17-11(3)15-13(16)6-5-7-14(15)19-4/h5-7,10-12,17-18H,8-9H2,1-4H3. The zero-order valence-electron chi connectivity index (χ0n) is 12.1. The number of aliphatic hydroxyl groups is 1. The third-order valence-electron chi connectivity index (χ3n) is 3.07. The third-order valence-corrected chi connectivity index (χ3v) is 3.07. The van der Waals surface area contributed by atoms with Gasteiger partial charge in [-0.2, -0.15) is 0 Å². The molecule has 4 heteroatoms. The molecule has 0 aliphatic carbocycles. The molecule has 2 unspecified atom stereocenters. The van der Waals surface area contributed by atoms with Gasteiger partial charge in [0.15, 0.2) is 0 Å². The van der Waals surface area contributed by atoms with E-state index >= 15 is 0 Å². The molecule has 1 aromatic rings. The Balaban J connectivity index is 2.65. The van der Waals surface area contributed by atoms with Crippen molar-refractivity contribution in [3.05, 3.63) is 29.6 Å². The van der Waals surface area contributed by atoms with E-state index in [0.717, 1.165) is 6.42 Å². The Labute approximate surface area is 114 Å². The smallest absolute Gasteiger partial charge is 0.131 e. The molecule has 0 fully saturated rings. The first-order valence-corrected chi connectivity index (χ1v) is 6.69. The highest BCUT2D eigenvalue weighted by molar-refractivity contribution is 5.36. The maximum atomic E-state index is 13.8. The molecule has 3 nitrogen and oxygen atoms in total. The highest BCUT2D eigenvalue weighted by atomic mass is 19.1. The molecule has 0 bridgehead atoms. The first kappa shape index (κ1) is 15.9. The van der Waals surface area contributed by atoms with Crippen LogP contribution < -0.4 is 10.1 Å². The monoisotopic (exact) mass is 269 g/mol. The molecule has 0 heterocycles. The van der Waals surface area contributed by atoms with Crippen molar-refractivity contribution in [3.8, 4) is 5.75 Å². The molecule has 0 saturated heterocycles. The number of benzene rings is 1. The van der Waals surface area contributed by atoms with Gasteiger partial charge in [-0.25, -0.2) is 4.39 Å². The maximum absolute atomic E-state index is 13.8. The summed E-state index contributed by atoms with van der Waals surface area (Å²) >= 11 is 0. The van der Waals surface area contributed by atoms with Gasteiger partial charge in [-0.1, -0.05) is 19.9 Å². The van der Waals surface area contributed by atoms with E-state index in [1.165, 1.54) is 13.2 Å². The van der Waals surface area contributed by atoms with Gasteiger partial charge in [0, 0.05) is 18.2 Å². The van der Waals surface area contributed by atoms with Crippen LogP contribution in [-0.2, 0) is 0 Å². The van der Waals surface area contributed by atoms with E-state index in [1.54, 1.807) is 12.1 Å². The second kappa shape index (κ2) is 7.46. The molecule has 0 amide bonds. The molecule has 0 aromatic heterocycles. The molecule has 0 radical (unpaired) electrons. The SMILES string of the molecule is COc1cccc(F)c1C(C)NCC(O)CC(C)C. The van der Waals surface area contributed by atoms with Crippen LogP contribution in [0.5, 0.6) is 5.75 Å². The Morgan fingerprint density at radius 3 is 2.58 bits per heavy atom. The van der Waals surface area contributed by atoms with Gasteiger partial charge in [0.2, 0.25) is 0 Å². The van der Waals surface area contributed by atoms with Crippen LogP contribution in [0.3, 0.4) is 0 Å². The molecule has 2 atom stereocenters. The lowest BCUT2D eigenvalue weighted by molar-refractivity contribution is 0.143. The molecule has 108 valence electrons. The lowest BCUT2D eigenvalue weighted by atomic mass is 10.0. The highest BCUT2D eigenvalue weighted by Crippen LogP contribution is 2.27. The molecule has 0 aliphatic rings. The van der Waals surface area contributed by atoms with Crippen LogP contribution >= 0.6 is 0 Å². The number of nitrogens with one attached hydrogen (secondary N) is 1. The molecule has 0 saturated carbocycles. The highest BCUT2D eigenvalue weighted by Gasteiger charge is 2.17. The summed E-state index contributed by atoms with van der Waals surface area (Å²) in [5.74, 6) is 0.672. The fourth-order valence-corrected chi connectivity index (χ4v) is 2.16. The van der Waals surface area contributed by atoms with E-state index in [9.17, 15) is 9.50 Å². The Kier molecular flexibility index (Phi) is 6.25. The minimum absolute atomic E-state index is 0.210. The fourth-order valence-electron chi connectivity index (χ4n) is 2.16. The van der Waals surface area contributed by atoms with E-state index < -0.39 is 6.10 Å². The summed E-state index contributed by atoms with van der Waals surface area (Å²) in [7, 11) is 1.53. The largest absolute Gasteiger partial charge is 0.496 e. The van der Waals surface area contributed by atoms with Crippen LogP contribution in [0.2, 0.25) is 0 Å². The summed E-state index contributed by atoms with van der Waals surface area (Å²) in [4.78, 5) is 0. The minimum atomic E-state index is -0.416. The zero-order valence-corrected chi connectivity index (χ0v) is 12.1. The van der Waals surface area contributed by atoms with Crippen molar-refractivity contribution in [1.29, 1.82) is 0 Å². The Morgan fingerprint density at radius 2 is 2.00 bits per heavy atom. The van der Waals surface area contributed by atoms with Gasteiger partial charge in [0.1, 0.15) is 11.6 Å². The summed E-state index contributed by atoms with van der Waals surface area (Å²) in [5.41, 5.74) is 0.502. The van der Waals surface area contributed by atoms with E-state index in [1.807, 2.05) is 6.92 Å². The Morgan fingerprint density at radius 1 is 1.32 bits per heavy atom. The van der Waals surface area contributed by atoms with Crippen LogP contribution in [0, 0.1) is 11.7 Å². The first-order valence-electron chi connectivity index (χ1n) is 6.69. The number of aliphatic hydroxyl groups excluding tert-OH is 1. The van der Waals surface area contributed by atoms with E-state index in [2.05, 4.69) is 19.2 Å². The van der Waals surface area contributed by atoms with Gasteiger partial charge in [-0.15, -0.1) is 0 Å². The number of rotatable bonds is 7. The number of hydrogen-bond donors (Lipinski definition) is 2. The van der Waals surface area contributed by atoms with Crippen molar-refractivity contribution in [2.75, 3.05) is 13.7 Å². The van der Waals surface area contributed by atoms with Crippen molar-refractivity contribution in [2.45, 2.75) is 39.3 Å². The number of hydrogen-bond acceptors (Lipinski definition) is 3. The van der Waals surface area contributed by atoms with E-state index in [4.69, 9.17) is 4.74 Å². The van der Waals surface area contributed by atoms with Gasteiger partial charge < -0.3 is 15.2 Å². The van der Waals surface area contributed by atoms with Gasteiger partial charge in [-0.05, 0) is 31.4 Å².